The van der Waals surface area contributed by atoms with Crippen molar-refractivity contribution in [1.29, 1.82) is 0 Å². The van der Waals surface area contributed by atoms with Crippen LogP contribution in [0.4, 0.5) is 0 Å². The minimum Gasteiger partial charge on any atom is -0.447 e. The number of halogens is 1. The topological polar surface area (TPSA) is 35.1 Å². The Balaban J connectivity index is 2.08. The molecule has 0 fully saturated rings. The minimum atomic E-state index is -0.0601. The molecule has 21 heavy (non-hydrogen) atoms. The van der Waals surface area contributed by atoms with Gasteiger partial charge in [0.05, 0.1) is 11.0 Å². The molecule has 0 amide bonds. The standard InChI is InChI=1S/C17H10BrNO2/c18-15-10-14-16(21-15)12-8-4-5-9-13(12)19(14)17(20)11-6-2-1-3-7-11/h1-10H. The highest BCUT2D eigenvalue weighted by Crippen LogP contribution is 2.33. The molecule has 0 aliphatic heterocycles. The lowest BCUT2D eigenvalue weighted by Gasteiger charge is -2.04. The Morgan fingerprint density at radius 1 is 0.952 bits per heavy atom. The second-order valence-electron chi connectivity index (χ2n) is 4.79. The molecular formula is C17H10BrNO2. The molecule has 4 heteroatoms. The van der Waals surface area contributed by atoms with Gasteiger partial charge in [0.25, 0.3) is 5.91 Å². The second-order valence-corrected chi connectivity index (χ2v) is 5.57. The fourth-order valence-electron chi connectivity index (χ4n) is 2.63. The number of benzene rings is 2. The molecule has 0 spiro atoms. The Labute approximate surface area is 128 Å². The van der Waals surface area contributed by atoms with Crippen molar-refractivity contribution in [3.8, 4) is 0 Å². The normalized spacial score (nSPS) is 11.3. The summed E-state index contributed by atoms with van der Waals surface area (Å²) in [6.07, 6.45) is 0. The molecule has 0 radical (unpaired) electrons. The van der Waals surface area contributed by atoms with Crippen LogP contribution < -0.4 is 0 Å². The van der Waals surface area contributed by atoms with Crippen molar-refractivity contribution in [1.82, 2.24) is 4.57 Å². The lowest BCUT2D eigenvalue weighted by Crippen LogP contribution is -2.11. The van der Waals surface area contributed by atoms with E-state index in [9.17, 15) is 4.79 Å². The van der Waals surface area contributed by atoms with Crippen LogP contribution in [0.1, 0.15) is 10.4 Å². The van der Waals surface area contributed by atoms with Gasteiger partial charge in [-0.25, -0.2) is 0 Å². The van der Waals surface area contributed by atoms with Gasteiger partial charge >= 0.3 is 0 Å². The average Bonchev–Trinajstić information content (AvgIpc) is 3.02. The molecule has 2 aromatic carbocycles. The summed E-state index contributed by atoms with van der Waals surface area (Å²) < 4.78 is 8.01. The minimum absolute atomic E-state index is 0.0601. The zero-order chi connectivity index (χ0) is 14.4. The van der Waals surface area contributed by atoms with Crippen LogP contribution in [-0.2, 0) is 0 Å². The van der Waals surface area contributed by atoms with Crippen LogP contribution in [0.3, 0.4) is 0 Å². The van der Waals surface area contributed by atoms with E-state index < -0.39 is 0 Å². The van der Waals surface area contributed by atoms with E-state index in [0.29, 0.717) is 10.2 Å². The van der Waals surface area contributed by atoms with Crippen molar-refractivity contribution >= 4 is 43.8 Å². The third-order valence-electron chi connectivity index (χ3n) is 3.54. The first-order valence-corrected chi connectivity index (χ1v) is 7.33. The van der Waals surface area contributed by atoms with E-state index in [-0.39, 0.29) is 5.91 Å². The fourth-order valence-corrected chi connectivity index (χ4v) is 3.01. The van der Waals surface area contributed by atoms with Crippen LogP contribution in [0, 0.1) is 0 Å². The van der Waals surface area contributed by atoms with Crippen molar-refractivity contribution < 1.29 is 9.21 Å². The Bertz CT molecular complexity index is 966. The fraction of sp³-hybridized carbons (Fsp3) is 0. The molecule has 102 valence electrons. The molecule has 0 saturated heterocycles. The summed E-state index contributed by atoms with van der Waals surface area (Å²) in [5, 5.41) is 0.933. The lowest BCUT2D eigenvalue weighted by molar-refractivity contribution is 0.0969. The molecule has 4 rings (SSSR count). The lowest BCUT2D eigenvalue weighted by atomic mass is 10.2. The van der Waals surface area contributed by atoms with Gasteiger partial charge in [-0.15, -0.1) is 0 Å². The van der Waals surface area contributed by atoms with E-state index in [1.807, 2.05) is 60.7 Å². The summed E-state index contributed by atoms with van der Waals surface area (Å²) >= 11 is 3.34. The first-order chi connectivity index (χ1) is 10.3. The highest BCUT2D eigenvalue weighted by molar-refractivity contribution is 9.10. The zero-order valence-electron chi connectivity index (χ0n) is 10.9. The second kappa shape index (κ2) is 4.60. The maximum absolute atomic E-state index is 12.9. The van der Waals surface area contributed by atoms with E-state index in [1.54, 1.807) is 4.57 Å². The third-order valence-corrected chi connectivity index (χ3v) is 3.93. The molecular weight excluding hydrogens is 330 g/mol. The van der Waals surface area contributed by atoms with Gasteiger partial charge in [-0.1, -0.05) is 30.3 Å². The molecule has 4 aromatic rings. The Hall–Kier alpha value is -2.33. The molecule has 0 unspecified atom stereocenters. The highest BCUT2D eigenvalue weighted by Gasteiger charge is 2.20. The van der Waals surface area contributed by atoms with Crippen LogP contribution in [0.2, 0.25) is 0 Å². The van der Waals surface area contributed by atoms with Gasteiger partial charge in [0.2, 0.25) is 0 Å². The number of para-hydroxylation sites is 1. The number of hydrogen-bond donors (Lipinski definition) is 0. The van der Waals surface area contributed by atoms with E-state index in [0.717, 1.165) is 22.0 Å². The number of fused-ring (bicyclic) bond motifs is 3. The largest absolute Gasteiger partial charge is 0.447 e. The Morgan fingerprint density at radius 3 is 2.48 bits per heavy atom. The molecule has 3 nitrogen and oxygen atoms in total. The number of carbonyl (C=O) groups excluding carboxylic acids is 1. The van der Waals surface area contributed by atoms with E-state index in [2.05, 4.69) is 15.9 Å². The van der Waals surface area contributed by atoms with Crippen molar-refractivity contribution in [2.45, 2.75) is 0 Å². The molecule has 0 N–H and O–H groups in total. The summed E-state index contributed by atoms with van der Waals surface area (Å²) in [6.45, 7) is 0. The summed E-state index contributed by atoms with van der Waals surface area (Å²) in [5.41, 5.74) is 3.00. The van der Waals surface area contributed by atoms with Gasteiger partial charge in [0.1, 0.15) is 0 Å². The monoisotopic (exact) mass is 339 g/mol. The third kappa shape index (κ3) is 1.83. The first kappa shape index (κ1) is 12.4. The summed E-state index contributed by atoms with van der Waals surface area (Å²) in [7, 11) is 0. The van der Waals surface area contributed by atoms with Crippen LogP contribution in [-0.4, -0.2) is 10.5 Å². The summed E-state index contributed by atoms with van der Waals surface area (Å²) in [6, 6.07) is 18.8. The summed E-state index contributed by atoms with van der Waals surface area (Å²) in [5.74, 6) is -0.0601. The number of hydrogen-bond acceptors (Lipinski definition) is 2. The zero-order valence-corrected chi connectivity index (χ0v) is 12.5. The van der Waals surface area contributed by atoms with E-state index in [1.165, 1.54) is 0 Å². The van der Waals surface area contributed by atoms with Gasteiger partial charge in [0, 0.05) is 17.0 Å². The predicted octanol–water partition coefficient (Wildman–Crippen LogP) is 4.84. The van der Waals surface area contributed by atoms with Crippen molar-refractivity contribution in [2.75, 3.05) is 0 Å². The quantitative estimate of drug-likeness (QED) is 0.497. The van der Waals surface area contributed by atoms with Crippen molar-refractivity contribution in [3.05, 3.63) is 70.9 Å². The predicted molar refractivity (Wildman–Crippen MR) is 85.6 cm³/mol. The van der Waals surface area contributed by atoms with Crippen molar-refractivity contribution in [2.24, 2.45) is 0 Å². The SMILES string of the molecule is O=C(c1ccccc1)n1c2ccccc2c2oc(Br)cc21. The Morgan fingerprint density at radius 2 is 1.67 bits per heavy atom. The maximum Gasteiger partial charge on any atom is 0.262 e. The number of rotatable bonds is 1. The van der Waals surface area contributed by atoms with Gasteiger partial charge < -0.3 is 4.42 Å². The highest BCUT2D eigenvalue weighted by atomic mass is 79.9. The van der Waals surface area contributed by atoms with Crippen LogP contribution in [0.25, 0.3) is 22.0 Å². The Kier molecular flexibility index (Phi) is 2.72. The maximum atomic E-state index is 12.9. The molecule has 0 aliphatic rings. The summed E-state index contributed by atoms with van der Waals surface area (Å²) in [4.78, 5) is 12.9. The molecule has 0 bridgehead atoms. The smallest absolute Gasteiger partial charge is 0.262 e. The number of nitrogens with zero attached hydrogens (tertiary/aromatic N) is 1. The van der Waals surface area contributed by atoms with Gasteiger partial charge in [-0.05, 0) is 40.2 Å². The van der Waals surface area contributed by atoms with E-state index >= 15 is 0 Å². The van der Waals surface area contributed by atoms with Crippen molar-refractivity contribution in [3.63, 3.8) is 0 Å². The van der Waals surface area contributed by atoms with E-state index in [4.69, 9.17) is 4.42 Å². The van der Waals surface area contributed by atoms with Crippen LogP contribution >= 0.6 is 15.9 Å². The number of aromatic nitrogens is 1. The molecule has 2 heterocycles. The molecule has 2 aromatic heterocycles. The molecule has 0 atom stereocenters. The van der Waals surface area contributed by atoms with Gasteiger partial charge in [-0.3, -0.25) is 9.36 Å². The number of carbonyl (C=O) groups is 1. The number of furan rings is 1. The molecule has 0 saturated carbocycles. The molecule has 0 aliphatic carbocycles. The first-order valence-electron chi connectivity index (χ1n) is 6.54. The van der Waals surface area contributed by atoms with Gasteiger partial charge in [-0.2, -0.15) is 0 Å². The van der Waals surface area contributed by atoms with Crippen LogP contribution in [0.5, 0.6) is 0 Å². The van der Waals surface area contributed by atoms with Gasteiger partial charge in [0.15, 0.2) is 10.3 Å². The van der Waals surface area contributed by atoms with Crippen LogP contribution in [0.15, 0.2) is 69.8 Å². The average molecular weight is 340 g/mol.